The van der Waals surface area contributed by atoms with Crippen LogP contribution in [-0.2, 0) is 4.74 Å². The van der Waals surface area contributed by atoms with Crippen molar-refractivity contribution < 1.29 is 4.74 Å². The fraction of sp³-hybridized carbons (Fsp3) is 0.385. The fourth-order valence-corrected chi connectivity index (χ4v) is 3.56. The van der Waals surface area contributed by atoms with E-state index in [1.807, 2.05) is 0 Å². The number of rotatable bonds is 8. The van der Waals surface area contributed by atoms with Gasteiger partial charge in [0, 0.05) is 11.8 Å². The first-order valence-corrected chi connectivity index (χ1v) is 9.92. The molecule has 0 aliphatic rings. The maximum absolute atomic E-state index is 6.25. The first-order valence-electron chi connectivity index (χ1n) is 9.92. The van der Waals surface area contributed by atoms with E-state index in [2.05, 4.69) is 102 Å². The summed E-state index contributed by atoms with van der Waals surface area (Å²) in [5.74, 6) is 0.746. The molecule has 144 valence electrons. The molecule has 0 aromatic heterocycles. The molecular formula is C26H34O. The zero-order valence-electron chi connectivity index (χ0n) is 17.8. The largest absolute Gasteiger partial charge is 0.373 e. The van der Waals surface area contributed by atoms with Crippen molar-refractivity contribution in [2.75, 3.05) is 13.2 Å². The molecule has 0 aliphatic heterocycles. The van der Waals surface area contributed by atoms with Crippen LogP contribution in [0, 0.1) is 0 Å². The molecule has 2 atom stereocenters. The predicted octanol–water partition coefficient (Wildman–Crippen LogP) is 7.28. The van der Waals surface area contributed by atoms with Gasteiger partial charge in [0.2, 0.25) is 0 Å². The number of hydrogen-bond acceptors (Lipinski definition) is 1. The Kier molecular flexibility index (Phi) is 8.06. The van der Waals surface area contributed by atoms with E-state index in [0.717, 1.165) is 0 Å². The Morgan fingerprint density at radius 2 is 0.963 bits per heavy atom. The van der Waals surface area contributed by atoms with Gasteiger partial charge in [-0.2, -0.15) is 0 Å². The summed E-state index contributed by atoms with van der Waals surface area (Å²) in [7, 11) is 0. The molecule has 2 rings (SSSR count). The van der Waals surface area contributed by atoms with E-state index in [1.165, 1.54) is 33.4 Å². The maximum atomic E-state index is 6.25. The first kappa shape index (κ1) is 21.2. The topological polar surface area (TPSA) is 9.23 Å². The molecule has 0 spiro atoms. The lowest BCUT2D eigenvalue weighted by molar-refractivity contribution is 0.171. The molecule has 0 radical (unpaired) electrons. The summed E-state index contributed by atoms with van der Waals surface area (Å²) in [6.07, 6.45) is 0. The summed E-state index contributed by atoms with van der Waals surface area (Å²) < 4.78 is 6.25. The third kappa shape index (κ3) is 5.94. The molecule has 2 aromatic carbocycles. The van der Waals surface area contributed by atoms with Gasteiger partial charge in [0.25, 0.3) is 0 Å². The van der Waals surface area contributed by atoms with Crippen LogP contribution in [-0.4, -0.2) is 13.2 Å². The molecule has 0 saturated heterocycles. The highest BCUT2D eigenvalue weighted by Crippen LogP contribution is 2.29. The summed E-state index contributed by atoms with van der Waals surface area (Å²) in [5, 5.41) is 0. The average Bonchev–Trinajstić information content (AvgIpc) is 2.68. The molecule has 0 fully saturated rings. The zero-order valence-corrected chi connectivity index (χ0v) is 17.8. The van der Waals surface area contributed by atoms with E-state index < -0.39 is 0 Å². The zero-order chi connectivity index (χ0) is 19.8. The van der Waals surface area contributed by atoms with Gasteiger partial charge in [-0.15, -0.1) is 0 Å². The summed E-state index contributed by atoms with van der Waals surface area (Å²) in [5.41, 5.74) is 8.14. The van der Waals surface area contributed by atoms with Crippen LogP contribution >= 0.6 is 0 Å². The van der Waals surface area contributed by atoms with Gasteiger partial charge in [-0.3, -0.25) is 0 Å². The van der Waals surface area contributed by atoms with Crippen molar-refractivity contribution in [2.24, 2.45) is 0 Å². The van der Waals surface area contributed by atoms with Gasteiger partial charge in [-0.25, -0.2) is 0 Å². The molecule has 0 aliphatic carbocycles. The van der Waals surface area contributed by atoms with Crippen LogP contribution in [0.25, 0.3) is 0 Å². The summed E-state index contributed by atoms with van der Waals surface area (Å²) in [6, 6.07) is 21.4. The molecule has 0 saturated carbocycles. The van der Waals surface area contributed by atoms with Crippen molar-refractivity contribution in [1.29, 1.82) is 0 Å². The summed E-state index contributed by atoms with van der Waals surface area (Å²) in [6.45, 7) is 14.6. The van der Waals surface area contributed by atoms with Crippen LogP contribution in [0.2, 0.25) is 0 Å². The molecular weight excluding hydrogens is 328 g/mol. The van der Waals surface area contributed by atoms with Gasteiger partial charge >= 0.3 is 0 Å². The van der Waals surface area contributed by atoms with Crippen molar-refractivity contribution in [3.05, 3.63) is 94.1 Å². The highest BCUT2D eigenvalue weighted by molar-refractivity contribution is 5.32. The van der Waals surface area contributed by atoms with Crippen LogP contribution in [0.15, 0.2) is 83.0 Å². The normalized spacial score (nSPS) is 13.0. The maximum Gasteiger partial charge on any atom is 0.0689 e. The lowest BCUT2D eigenvalue weighted by atomic mass is 9.90. The molecule has 2 aromatic rings. The Balaban J connectivity index is 2.07. The van der Waals surface area contributed by atoms with E-state index in [-0.39, 0.29) is 0 Å². The minimum absolute atomic E-state index is 0.373. The summed E-state index contributed by atoms with van der Waals surface area (Å²) >= 11 is 0. The number of hydrogen-bond donors (Lipinski definition) is 0. The highest BCUT2D eigenvalue weighted by Gasteiger charge is 2.16. The Hall–Kier alpha value is -2.12. The Bertz CT molecular complexity index is 693. The van der Waals surface area contributed by atoms with Crippen molar-refractivity contribution in [1.82, 2.24) is 0 Å². The quantitative estimate of drug-likeness (QED) is 0.448. The molecule has 27 heavy (non-hydrogen) atoms. The van der Waals surface area contributed by atoms with Crippen molar-refractivity contribution in [2.45, 2.75) is 53.4 Å². The molecule has 0 N–H and O–H groups in total. The van der Waals surface area contributed by atoms with E-state index in [1.54, 1.807) is 0 Å². The van der Waals surface area contributed by atoms with E-state index >= 15 is 0 Å². The first-order chi connectivity index (χ1) is 12.9. The van der Waals surface area contributed by atoms with Crippen LogP contribution in [0.1, 0.15) is 64.5 Å². The SMILES string of the molecule is CC(C)=C(COCC(=C(C)C)C(C)c1ccccc1)C(C)c1ccccc1. The molecule has 0 amide bonds. The Morgan fingerprint density at radius 1 is 0.630 bits per heavy atom. The Labute approximate surface area is 165 Å². The minimum atomic E-state index is 0.373. The molecule has 2 unspecified atom stereocenters. The standard InChI is InChI=1S/C26H34O/c1-19(2)25(21(5)23-13-9-7-10-14-23)17-27-18-26(20(3)4)22(6)24-15-11-8-12-16-24/h7-16,21-22H,17-18H2,1-6H3. The lowest BCUT2D eigenvalue weighted by Crippen LogP contribution is -2.12. The van der Waals surface area contributed by atoms with Crippen LogP contribution in [0.3, 0.4) is 0 Å². The van der Waals surface area contributed by atoms with Crippen LogP contribution in [0.5, 0.6) is 0 Å². The molecule has 0 heterocycles. The van der Waals surface area contributed by atoms with Gasteiger partial charge in [0.1, 0.15) is 0 Å². The molecule has 1 heteroatoms. The Morgan fingerprint density at radius 3 is 1.26 bits per heavy atom. The smallest absolute Gasteiger partial charge is 0.0689 e. The van der Waals surface area contributed by atoms with Crippen molar-refractivity contribution in [3.63, 3.8) is 0 Å². The molecule has 1 nitrogen and oxygen atoms in total. The van der Waals surface area contributed by atoms with Crippen LogP contribution in [0.4, 0.5) is 0 Å². The third-order valence-corrected chi connectivity index (χ3v) is 5.44. The van der Waals surface area contributed by atoms with Gasteiger partial charge in [-0.1, -0.05) is 85.7 Å². The van der Waals surface area contributed by atoms with E-state index in [9.17, 15) is 0 Å². The highest BCUT2D eigenvalue weighted by atomic mass is 16.5. The predicted molar refractivity (Wildman–Crippen MR) is 117 cm³/mol. The average molecular weight is 363 g/mol. The third-order valence-electron chi connectivity index (χ3n) is 5.44. The van der Waals surface area contributed by atoms with Crippen molar-refractivity contribution >= 4 is 0 Å². The summed E-state index contributed by atoms with van der Waals surface area (Å²) in [4.78, 5) is 0. The van der Waals surface area contributed by atoms with E-state index in [4.69, 9.17) is 4.74 Å². The minimum Gasteiger partial charge on any atom is -0.373 e. The van der Waals surface area contributed by atoms with Gasteiger partial charge in [0.15, 0.2) is 0 Å². The van der Waals surface area contributed by atoms with Crippen LogP contribution < -0.4 is 0 Å². The fourth-order valence-electron chi connectivity index (χ4n) is 3.56. The second-order valence-corrected chi connectivity index (χ2v) is 7.81. The van der Waals surface area contributed by atoms with Gasteiger partial charge < -0.3 is 4.74 Å². The lowest BCUT2D eigenvalue weighted by Gasteiger charge is -2.22. The number of benzene rings is 2. The second kappa shape index (κ2) is 10.3. The number of allylic oxidation sites excluding steroid dienone is 2. The van der Waals surface area contributed by atoms with E-state index in [0.29, 0.717) is 25.0 Å². The second-order valence-electron chi connectivity index (χ2n) is 7.81. The van der Waals surface area contributed by atoms with Gasteiger partial charge in [0.05, 0.1) is 13.2 Å². The molecule has 0 bridgehead atoms. The monoisotopic (exact) mass is 362 g/mol. The van der Waals surface area contributed by atoms with Gasteiger partial charge in [-0.05, 0) is 50.0 Å². The van der Waals surface area contributed by atoms with Crippen molar-refractivity contribution in [3.8, 4) is 0 Å². The number of ether oxygens (including phenoxy) is 1.